The maximum Gasteiger partial charge on any atom is 0.262 e. The molecule has 0 bridgehead atoms. The number of aryl methyl sites for hydroxylation is 1. The Bertz CT molecular complexity index is 822. The third-order valence-electron chi connectivity index (χ3n) is 2.72. The zero-order valence-electron chi connectivity index (χ0n) is 10.9. The smallest absolute Gasteiger partial charge is 0.262 e. The number of nitrogens with zero attached hydrogens (tertiary/aromatic N) is 1. The summed E-state index contributed by atoms with van der Waals surface area (Å²) in [5, 5.41) is 8.82. The maximum absolute atomic E-state index is 13.1. The van der Waals surface area contributed by atoms with Crippen LogP contribution in [-0.4, -0.2) is 8.42 Å². The Morgan fingerprint density at radius 1 is 1.10 bits per heavy atom. The van der Waals surface area contributed by atoms with E-state index in [1.165, 1.54) is 18.2 Å². The summed E-state index contributed by atoms with van der Waals surface area (Å²) < 4.78 is 52.8. The van der Waals surface area contributed by atoms with Gasteiger partial charge in [-0.1, -0.05) is 6.07 Å². The Morgan fingerprint density at radius 3 is 2.29 bits per heavy atom. The minimum absolute atomic E-state index is 0.119. The predicted molar refractivity (Wildman–Crippen MR) is 73.1 cm³/mol. The molecule has 2 aromatic carbocycles. The SMILES string of the molecule is Cc1ccc(C#N)cc1S(=O)(=O)Nc1cc(F)cc(F)c1. The van der Waals surface area contributed by atoms with Crippen LogP contribution in [0.15, 0.2) is 41.3 Å². The first-order valence-electron chi connectivity index (χ1n) is 5.81. The fourth-order valence-electron chi connectivity index (χ4n) is 1.78. The molecule has 0 saturated carbocycles. The molecule has 0 fully saturated rings. The van der Waals surface area contributed by atoms with Crippen LogP contribution in [0.25, 0.3) is 0 Å². The van der Waals surface area contributed by atoms with Gasteiger partial charge in [-0.15, -0.1) is 0 Å². The number of rotatable bonds is 3. The summed E-state index contributed by atoms with van der Waals surface area (Å²) in [7, 11) is -4.04. The second-order valence-corrected chi connectivity index (χ2v) is 6.01. The van der Waals surface area contributed by atoms with E-state index in [2.05, 4.69) is 4.72 Å². The van der Waals surface area contributed by atoms with Crippen molar-refractivity contribution in [2.24, 2.45) is 0 Å². The zero-order valence-corrected chi connectivity index (χ0v) is 11.7. The van der Waals surface area contributed by atoms with Crippen molar-refractivity contribution in [3.63, 3.8) is 0 Å². The molecule has 1 N–H and O–H groups in total. The summed E-state index contributed by atoms with van der Waals surface area (Å²) in [6, 6.07) is 8.37. The third-order valence-corrected chi connectivity index (χ3v) is 4.24. The van der Waals surface area contributed by atoms with E-state index in [0.29, 0.717) is 11.6 Å². The minimum atomic E-state index is -4.04. The van der Waals surface area contributed by atoms with Gasteiger partial charge >= 0.3 is 0 Å². The highest BCUT2D eigenvalue weighted by Crippen LogP contribution is 2.21. The summed E-state index contributed by atoms with van der Waals surface area (Å²) in [6.07, 6.45) is 0. The van der Waals surface area contributed by atoms with E-state index < -0.39 is 21.7 Å². The lowest BCUT2D eigenvalue weighted by atomic mass is 10.2. The fraction of sp³-hybridized carbons (Fsp3) is 0.0714. The van der Waals surface area contributed by atoms with Crippen LogP contribution in [0.5, 0.6) is 0 Å². The first kappa shape index (κ1) is 14.9. The van der Waals surface area contributed by atoms with Crippen molar-refractivity contribution in [2.45, 2.75) is 11.8 Å². The molecule has 0 spiro atoms. The Labute approximate surface area is 120 Å². The molecule has 108 valence electrons. The lowest BCUT2D eigenvalue weighted by molar-refractivity contribution is 0.584. The molecule has 0 aromatic heterocycles. The summed E-state index contributed by atoms with van der Waals surface area (Å²) in [4.78, 5) is -0.119. The largest absolute Gasteiger partial charge is 0.279 e. The Kier molecular flexibility index (Phi) is 3.91. The van der Waals surface area contributed by atoms with Crippen LogP contribution < -0.4 is 4.72 Å². The summed E-state index contributed by atoms with van der Waals surface area (Å²) in [5.74, 6) is -1.79. The molecule has 2 aromatic rings. The Hall–Kier alpha value is -2.46. The van der Waals surface area contributed by atoms with Crippen molar-refractivity contribution >= 4 is 15.7 Å². The number of nitriles is 1. The molecule has 7 heteroatoms. The lowest BCUT2D eigenvalue weighted by Crippen LogP contribution is -2.14. The quantitative estimate of drug-likeness (QED) is 0.947. The van der Waals surface area contributed by atoms with E-state index in [1.54, 1.807) is 6.92 Å². The summed E-state index contributed by atoms with van der Waals surface area (Å²) >= 11 is 0. The zero-order chi connectivity index (χ0) is 15.6. The average molecular weight is 308 g/mol. The van der Waals surface area contributed by atoms with Gasteiger partial charge in [0.25, 0.3) is 10.0 Å². The van der Waals surface area contributed by atoms with Crippen LogP contribution in [0, 0.1) is 29.9 Å². The van der Waals surface area contributed by atoms with Crippen molar-refractivity contribution in [1.82, 2.24) is 0 Å². The normalized spacial score (nSPS) is 11.0. The highest BCUT2D eigenvalue weighted by atomic mass is 32.2. The van der Waals surface area contributed by atoms with Gasteiger partial charge in [-0.3, -0.25) is 4.72 Å². The van der Waals surface area contributed by atoms with Crippen LogP contribution in [0.2, 0.25) is 0 Å². The molecule has 0 aliphatic carbocycles. The first-order chi connectivity index (χ1) is 9.81. The van der Waals surface area contributed by atoms with Crippen LogP contribution in [0.3, 0.4) is 0 Å². The molecular formula is C14H10F2N2O2S. The highest BCUT2D eigenvalue weighted by Gasteiger charge is 2.18. The molecule has 0 aliphatic heterocycles. The van der Waals surface area contributed by atoms with E-state index >= 15 is 0 Å². The van der Waals surface area contributed by atoms with Crippen LogP contribution in [0.1, 0.15) is 11.1 Å². The van der Waals surface area contributed by atoms with E-state index in [9.17, 15) is 17.2 Å². The molecule has 4 nitrogen and oxygen atoms in total. The molecule has 0 radical (unpaired) electrons. The molecule has 21 heavy (non-hydrogen) atoms. The molecule has 2 rings (SSSR count). The predicted octanol–water partition coefficient (Wildman–Crippen LogP) is 2.95. The van der Waals surface area contributed by atoms with Gasteiger partial charge in [0.05, 0.1) is 22.2 Å². The standard InChI is InChI=1S/C14H10F2N2O2S/c1-9-2-3-10(8-17)4-14(9)21(19,20)18-13-6-11(15)5-12(16)7-13/h2-7,18H,1H3. The number of halogens is 2. The number of benzene rings is 2. The van der Waals surface area contributed by atoms with Gasteiger partial charge in [-0.05, 0) is 36.8 Å². The number of nitrogens with one attached hydrogen (secondary N) is 1. The monoisotopic (exact) mass is 308 g/mol. The van der Waals surface area contributed by atoms with E-state index in [0.717, 1.165) is 12.1 Å². The van der Waals surface area contributed by atoms with Crippen LogP contribution in [-0.2, 0) is 10.0 Å². The average Bonchev–Trinajstić information content (AvgIpc) is 2.37. The molecule has 0 amide bonds. The molecule has 0 unspecified atom stereocenters. The van der Waals surface area contributed by atoms with Crippen molar-refractivity contribution < 1.29 is 17.2 Å². The molecule has 0 aliphatic rings. The van der Waals surface area contributed by atoms with Gasteiger partial charge in [-0.2, -0.15) is 5.26 Å². The number of hydrogen-bond acceptors (Lipinski definition) is 3. The van der Waals surface area contributed by atoms with E-state index in [4.69, 9.17) is 5.26 Å². The summed E-state index contributed by atoms with van der Waals surface area (Å²) in [5.41, 5.74) is 0.360. The minimum Gasteiger partial charge on any atom is -0.279 e. The Balaban J connectivity index is 2.45. The molecule has 0 atom stereocenters. The van der Waals surface area contributed by atoms with Gasteiger partial charge in [0.15, 0.2) is 0 Å². The van der Waals surface area contributed by atoms with Crippen molar-refractivity contribution in [2.75, 3.05) is 4.72 Å². The van der Waals surface area contributed by atoms with Crippen molar-refractivity contribution in [3.8, 4) is 6.07 Å². The maximum atomic E-state index is 13.1. The molecule has 0 heterocycles. The highest BCUT2D eigenvalue weighted by molar-refractivity contribution is 7.92. The van der Waals surface area contributed by atoms with Gasteiger partial charge in [0, 0.05) is 6.07 Å². The number of hydrogen-bond donors (Lipinski definition) is 1. The third kappa shape index (κ3) is 3.35. The second-order valence-electron chi connectivity index (χ2n) is 4.36. The Morgan fingerprint density at radius 2 is 1.71 bits per heavy atom. The second kappa shape index (κ2) is 5.50. The fourth-order valence-corrected chi connectivity index (χ4v) is 3.09. The van der Waals surface area contributed by atoms with Crippen LogP contribution >= 0.6 is 0 Å². The van der Waals surface area contributed by atoms with Crippen molar-refractivity contribution in [3.05, 3.63) is 59.2 Å². The van der Waals surface area contributed by atoms with Crippen LogP contribution in [0.4, 0.5) is 14.5 Å². The summed E-state index contributed by atoms with van der Waals surface area (Å²) in [6.45, 7) is 1.56. The van der Waals surface area contributed by atoms with Gasteiger partial charge in [-0.25, -0.2) is 17.2 Å². The molecular weight excluding hydrogens is 298 g/mol. The molecule has 0 saturated heterocycles. The van der Waals surface area contributed by atoms with E-state index in [-0.39, 0.29) is 16.1 Å². The number of anilines is 1. The van der Waals surface area contributed by atoms with Gasteiger partial charge < -0.3 is 0 Å². The van der Waals surface area contributed by atoms with Gasteiger partial charge in [0.2, 0.25) is 0 Å². The topological polar surface area (TPSA) is 70.0 Å². The van der Waals surface area contributed by atoms with Crippen molar-refractivity contribution in [1.29, 1.82) is 5.26 Å². The van der Waals surface area contributed by atoms with Gasteiger partial charge in [0.1, 0.15) is 11.6 Å². The first-order valence-corrected chi connectivity index (χ1v) is 7.30. The lowest BCUT2D eigenvalue weighted by Gasteiger charge is -2.11. The number of sulfonamides is 1. The van der Waals surface area contributed by atoms with E-state index in [1.807, 2.05) is 6.07 Å².